The second kappa shape index (κ2) is 6.28. The van der Waals surface area contributed by atoms with Crippen LogP contribution < -0.4 is 5.32 Å². The number of esters is 1. The Morgan fingerprint density at radius 2 is 2.00 bits per heavy atom. The molecule has 0 heterocycles. The number of carbonyl (C=O) groups excluding carboxylic acids is 2. The Morgan fingerprint density at radius 3 is 2.38 bits per heavy atom. The Hall–Kier alpha value is -1.26. The molecule has 5 nitrogen and oxygen atoms in total. The summed E-state index contributed by atoms with van der Waals surface area (Å²) in [5, 5.41) is 2.38. The molecule has 0 aromatic heterocycles. The normalized spacial score (nSPS) is 11.6. The lowest BCUT2D eigenvalue weighted by molar-refractivity contribution is -0.143. The Morgan fingerprint density at radius 1 is 1.38 bits per heavy atom. The summed E-state index contributed by atoms with van der Waals surface area (Å²) in [5.74, 6) is -0.462. The Labute approximate surface area is 77.4 Å². The molecular weight excluding hydrogens is 174 g/mol. The molecule has 13 heavy (non-hydrogen) atoms. The maximum absolute atomic E-state index is 11.0. The number of methoxy groups -OCH3 is 1. The van der Waals surface area contributed by atoms with E-state index in [2.05, 4.69) is 14.8 Å². The van der Waals surface area contributed by atoms with Crippen LogP contribution in [0.3, 0.4) is 0 Å². The second-order valence-electron chi connectivity index (χ2n) is 2.35. The fourth-order valence-electron chi connectivity index (χ4n) is 0.785. The van der Waals surface area contributed by atoms with Gasteiger partial charge in [0, 0.05) is 0 Å². The van der Waals surface area contributed by atoms with Crippen molar-refractivity contribution in [1.82, 2.24) is 5.32 Å². The van der Waals surface area contributed by atoms with Gasteiger partial charge in [0.15, 0.2) is 0 Å². The zero-order chi connectivity index (χ0) is 10.3. The third-order valence-corrected chi connectivity index (χ3v) is 1.46. The average molecular weight is 189 g/mol. The van der Waals surface area contributed by atoms with Crippen LogP contribution in [-0.4, -0.2) is 31.8 Å². The molecule has 1 unspecified atom stereocenters. The maximum atomic E-state index is 11.0. The molecule has 1 atom stereocenters. The first kappa shape index (κ1) is 11.7. The summed E-state index contributed by atoms with van der Waals surface area (Å²) >= 11 is 0. The third kappa shape index (κ3) is 4.35. The highest BCUT2D eigenvalue weighted by molar-refractivity contribution is 5.81. The molecule has 0 aliphatic carbocycles. The highest BCUT2D eigenvalue weighted by atomic mass is 16.6. The third-order valence-electron chi connectivity index (χ3n) is 1.46. The molecule has 0 aliphatic rings. The minimum atomic E-state index is -0.621. The standard InChI is InChI=1S/C8H15NO4/c1-4-6(7(10)12-3)9-8(11)13-5-2/h6H,4-5H2,1-3H3,(H,9,11). The molecule has 1 amide bonds. The highest BCUT2D eigenvalue weighted by Gasteiger charge is 2.19. The van der Waals surface area contributed by atoms with E-state index >= 15 is 0 Å². The Bertz CT molecular complexity index is 181. The smallest absolute Gasteiger partial charge is 0.407 e. The summed E-state index contributed by atoms with van der Waals surface area (Å²) in [7, 11) is 1.28. The fourth-order valence-corrected chi connectivity index (χ4v) is 0.785. The molecule has 0 spiro atoms. The average Bonchev–Trinajstić information content (AvgIpc) is 2.13. The zero-order valence-corrected chi connectivity index (χ0v) is 8.12. The molecule has 0 saturated carbocycles. The first-order valence-electron chi connectivity index (χ1n) is 4.16. The van der Waals surface area contributed by atoms with Crippen molar-refractivity contribution in [3.63, 3.8) is 0 Å². The van der Waals surface area contributed by atoms with E-state index in [1.54, 1.807) is 13.8 Å². The van der Waals surface area contributed by atoms with Crippen molar-refractivity contribution < 1.29 is 19.1 Å². The lowest BCUT2D eigenvalue weighted by Gasteiger charge is -2.13. The number of ether oxygens (including phenoxy) is 2. The van der Waals surface area contributed by atoms with Crippen molar-refractivity contribution in [2.75, 3.05) is 13.7 Å². The summed E-state index contributed by atoms with van der Waals surface area (Å²) < 4.78 is 9.08. The predicted molar refractivity (Wildman–Crippen MR) is 46.3 cm³/mol. The van der Waals surface area contributed by atoms with Gasteiger partial charge in [0.1, 0.15) is 6.04 Å². The topological polar surface area (TPSA) is 64.6 Å². The van der Waals surface area contributed by atoms with E-state index in [-0.39, 0.29) is 6.61 Å². The van der Waals surface area contributed by atoms with Gasteiger partial charge in [-0.15, -0.1) is 0 Å². The largest absolute Gasteiger partial charge is 0.467 e. The SMILES string of the molecule is CCOC(=O)NC(CC)C(=O)OC. The van der Waals surface area contributed by atoms with E-state index in [0.29, 0.717) is 6.42 Å². The van der Waals surface area contributed by atoms with Crippen molar-refractivity contribution in [2.24, 2.45) is 0 Å². The number of carbonyl (C=O) groups is 2. The number of rotatable bonds is 4. The van der Waals surface area contributed by atoms with Crippen LogP contribution in [-0.2, 0) is 14.3 Å². The van der Waals surface area contributed by atoms with Crippen molar-refractivity contribution in [2.45, 2.75) is 26.3 Å². The highest BCUT2D eigenvalue weighted by Crippen LogP contribution is 1.94. The van der Waals surface area contributed by atoms with Gasteiger partial charge in [-0.3, -0.25) is 0 Å². The summed E-state index contributed by atoms with van der Waals surface area (Å²) in [6.45, 7) is 3.75. The van der Waals surface area contributed by atoms with Crippen molar-refractivity contribution in [3.05, 3.63) is 0 Å². The van der Waals surface area contributed by atoms with Crippen LogP contribution >= 0.6 is 0 Å². The van der Waals surface area contributed by atoms with E-state index < -0.39 is 18.1 Å². The molecule has 0 fully saturated rings. The first-order chi connectivity index (χ1) is 6.15. The monoisotopic (exact) mass is 189 g/mol. The second-order valence-corrected chi connectivity index (χ2v) is 2.35. The van der Waals surface area contributed by atoms with Crippen molar-refractivity contribution in [1.29, 1.82) is 0 Å². The lowest BCUT2D eigenvalue weighted by Crippen LogP contribution is -2.41. The maximum Gasteiger partial charge on any atom is 0.407 e. The van der Waals surface area contributed by atoms with E-state index in [4.69, 9.17) is 0 Å². The van der Waals surface area contributed by atoms with Crippen LogP contribution in [0.15, 0.2) is 0 Å². The predicted octanol–water partition coefficient (Wildman–Crippen LogP) is 0.684. The van der Waals surface area contributed by atoms with E-state index in [1.165, 1.54) is 7.11 Å². The lowest BCUT2D eigenvalue weighted by atomic mass is 10.2. The fraction of sp³-hybridized carbons (Fsp3) is 0.750. The molecule has 0 bridgehead atoms. The van der Waals surface area contributed by atoms with Gasteiger partial charge < -0.3 is 14.8 Å². The minimum Gasteiger partial charge on any atom is -0.467 e. The van der Waals surface area contributed by atoms with Gasteiger partial charge in [-0.05, 0) is 13.3 Å². The number of alkyl carbamates (subject to hydrolysis) is 1. The number of hydrogen-bond acceptors (Lipinski definition) is 4. The number of nitrogens with one attached hydrogen (secondary N) is 1. The summed E-state index contributed by atoms with van der Waals surface area (Å²) in [6.07, 6.45) is -0.120. The van der Waals surface area contributed by atoms with Crippen LogP contribution in [0.2, 0.25) is 0 Å². The number of hydrogen-bond donors (Lipinski definition) is 1. The molecule has 1 N–H and O–H groups in total. The molecule has 0 saturated heterocycles. The molecule has 5 heteroatoms. The minimum absolute atomic E-state index is 0.281. The Balaban J connectivity index is 3.97. The molecule has 0 radical (unpaired) electrons. The molecule has 0 rings (SSSR count). The molecule has 76 valence electrons. The van der Waals surface area contributed by atoms with Crippen LogP contribution in [0, 0.1) is 0 Å². The van der Waals surface area contributed by atoms with Crippen LogP contribution in [0.1, 0.15) is 20.3 Å². The van der Waals surface area contributed by atoms with Crippen LogP contribution in [0.5, 0.6) is 0 Å². The van der Waals surface area contributed by atoms with Crippen LogP contribution in [0.4, 0.5) is 4.79 Å². The Kier molecular flexibility index (Phi) is 5.67. The van der Waals surface area contributed by atoms with E-state index in [0.717, 1.165) is 0 Å². The quantitative estimate of drug-likeness (QED) is 0.660. The van der Waals surface area contributed by atoms with Gasteiger partial charge >= 0.3 is 12.1 Å². The molecule has 0 aliphatic heterocycles. The van der Waals surface area contributed by atoms with E-state index in [1.807, 2.05) is 0 Å². The van der Waals surface area contributed by atoms with E-state index in [9.17, 15) is 9.59 Å². The van der Waals surface area contributed by atoms with Gasteiger partial charge in [0.05, 0.1) is 13.7 Å². The van der Waals surface area contributed by atoms with Crippen molar-refractivity contribution >= 4 is 12.1 Å². The molecule has 0 aromatic rings. The summed E-state index contributed by atoms with van der Waals surface area (Å²) in [6, 6.07) is -0.621. The van der Waals surface area contributed by atoms with Crippen molar-refractivity contribution in [3.8, 4) is 0 Å². The van der Waals surface area contributed by atoms with Crippen LogP contribution in [0.25, 0.3) is 0 Å². The van der Waals surface area contributed by atoms with Gasteiger partial charge in [0.25, 0.3) is 0 Å². The zero-order valence-electron chi connectivity index (χ0n) is 8.12. The molecule has 0 aromatic carbocycles. The van der Waals surface area contributed by atoms with Gasteiger partial charge in [-0.25, -0.2) is 9.59 Å². The van der Waals surface area contributed by atoms with Gasteiger partial charge in [0.2, 0.25) is 0 Å². The van der Waals surface area contributed by atoms with Gasteiger partial charge in [-0.2, -0.15) is 0 Å². The first-order valence-corrected chi connectivity index (χ1v) is 4.16. The molecular formula is C8H15NO4. The van der Waals surface area contributed by atoms with Gasteiger partial charge in [-0.1, -0.05) is 6.92 Å². The summed E-state index contributed by atoms with van der Waals surface area (Å²) in [4.78, 5) is 21.9. The summed E-state index contributed by atoms with van der Waals surface area (Å²) in [5.41, 5.74) is 0. The number of amides is 1.